The van der Waals surface area contributed by atoms with Gasteiger partial charge in [-0.3, -0.25) is 14.4 Å². The molecule has 2 amide bonds. The van der Waals surface area contributed by atoms with Crippen molar-refractivity contribution < 1.29 is 28.7 Å². The molecule has 8 nitrogen and oxygen atoms in total. The average molecular weight is 521 g/mol. The van der Waals surface area contributed by atoms with Crippen molar-refractivity contribution in [3.63, 3.8) is 0 Å². The lowest BCUT2D eigenvalue weighted by molar-refractivity contribution is -0.126. The zero-order valence-corrected chi connectivity index (χ0v) is 21.0. The number of amides is 2. The van der Waals surface area contributed by atoms with Crippen LogP contribution in [0, 0.1) is 5.92 Å². The molecule has 39 heavy (non-hydrogen) atoms. The van der Waals surface area contributed by atoms with Gasteiger partial charge >= 0.3 is 5.97 Å². The number of para-hydroxylation sites is 3. The summed E-state index contributed by atoms with van der Waals surface area (Å²) < 4.78 is 10.9. The van der Waals surface area contributed by atoms with Crippen LogP contribution in [-0.4, -0.2) is 31.0 Å². The molecule has 0 saturated carbocycles. The lowest BCUT2D eigenvalue weighted by Gasteiger charge is -2.29. The van der Waals surface area contributed by atoms with Crippen LogP contribution in [-0.2, 0) is 14.4 Å². The quantitative estimate of drug-likeness (QED) is 0.202. The maximum Gasteiger partial charge on any atom is 0.343 e. The Labute approximate surface area is 224 Å². The lowest BCUT2D eigenvalue weighted by Crippen LogP contribution is -2.37. The molecule has 4 aromatic carbocycles. The Morgan fingerprint density at radius 1 is 0.769 bits per heavy atom. The van der Waals surface area contributed by atoms with Crippen molar-refractivity contribution >= 4 is 29.2 Å². The highest BCUT2D eigenvalue weighted by molar-refractivity contribution is 6.24. The molecular weight excluding hydrogens is 496 g/mol. The molecule has 2 heterocycles. The number of methoxy groups -OCH3 is 1. The number of rotatable bonds is 6. The maximum atomic E-state index is 13.9. The minimum atomic E-state index is -1.01. The molecule has 0 N–H and O–H groups in total. The molecule has 2 fully saturated rings. The molecule has 0 aromatic heterocycles. The fourth-order valence-corrected chi connectivity index (χ4v) is 5.08. The Morgan fingerprint density at radius 2 is 1.41 bits per heavy atom. The molecule has 3 atom stereocenters. The van der Waals surface area contributed by atoms with Gasteiger partial charge in [-0.2, -0.15) is 0 Å². The molecular formula is C31H24N2O6. The van der Waals surface area contributed by atoms with Crippen LogP contribution in [0.15, 0.2) is 109 Å². The van der Waals surface area contributed by atoms with Gasteiger partial charge in [0.2, 0.25) is 5.91 Å². The van der Waals surface area contributed by atoms with Gasteiger partial charge in [0.25, 0.3) is 5.91 Å². The standard InChI is InChI=1S/C31H24N2O6/c1-37-25-15-9-8-14-24(25)32-29(34)26-27(33(39-28(26)30(32)35)22-12-6-3-7-13-22)20-16-18-23(19-17-20)38-31(36)21-10-4-2-5-11-21/h2-19,26-28H,1H3/t26-,27-,28+/m0/s1. The normalized spacial score (nSPS) is 20.2. The summed E-state index contributed by atoms with van der Waals surface area (Å²) in [5.74, 6) is -1.33. The smallest absolute Gasteiger partial charge is 0.343 e. The topological polar surface area (TPSA) is 85.4 Å². The number of nitrogens with zero attached hydrogens (tertiary/aromatic N) is 2. The largest absolute Gasteiger partial charge is 0.495 e. The first-order chi connectivity index (χ1) is 19.1. The number of anilines is 2. The van der Waals surface area contributed by atoms with Crippen LogP contribution in [0.2, 0.25) is 0 Å². The predicted molar refractivity (Wildman–Crippen MR) is 143 cm³/mol. The van der Waals surface area contributed by atoms with E-state index in [2.05, 4.69) is 0 Å². The summed E-state index contributed by atoms with van der Waals surface area (Å²) in [5.41, 5.74) is 2.26. The summed E-state index contributed by atoms with van der Waals surface area (Å²) in [7, 11) is 1.49. The van der Waals surface area contributed by atoms with Crippen molar-refractivity contribution in [2.24, 2.45) is 5.92 Å². The van der Waals surface area contributed by atoms with Gasteiger partial charge in [-0.05, 0) is 54.1 Å². The molecule has 194 valence electrons. The van der Waals surface area contributed by atoms with E-state index < -0.39 is 29.9 Å². The number of benzene rings is 4. The van der Waals surface area contributed by atoms with Crippen LogP contribution in [0.3, 0.4) is 0 Å². The van der Waals surface area contributed by atoms with Crippen LogP contribution >= 0.6 is 0 Å². The third kappa shape index (κ3) is 4.30. The van der Waals surface area contributed by atoms with Gasteiger partial charge < -0.3 is 9.47 Å². The van der Waals surface area contributed by atoms with E-state index in [1.54, 1.807) is 77.9 Å². The average Bonchev–Trinajstić information content (AvgIpc) is 3.49. The summed E-state index contributed by atoms with van der Waals surface area (Å²) in [4.78, 5) is 47.3. The molecule has 2 saturated heterocycles. The van der Waals surface area contributed by atoms with E-state index in [1.165, 1.54) is 7.11 Å². The third-order valence-corrected chi connectivity index (χ3v) is 6.89. The number of carbonyl (C=O) groups is 3. The number of hydrogen-bond acceptors (Lipinski definition) is 7. The molecule has 0 bridgehead atoms. The zero-order chi connectivity index (χ0) is 26.9. The Balaban J connectivity index is 1.34. The van der Waals surface area contributed by atoms with Crippen molar-refractivity contribution in [2.45, 2.75) is 12.1 Å². The van der Waals surface area contributed by atoms with Crippen LogP contribution in [0.1, 0.15) is 22.0 Å². The second kappa shape index (κ2) is 10.1. The monoisotopic (exact) mass is 520 g/mol. The SMILES string of the molecule is COc1ccccc1N1C(=O)[C@@H]2[C@@H](ON(c3ccccc3)[C@H]2c2ccc(OC(=O)c3ccccc3)cc2)C1=O. The Hall–Kier alpha value is -4.95. The van der Waals surface area contributed by atoms with Gasteiger partial charge in [-0.25, -0.2) is 14.8 Å². The first-order valence-electron chi connectivity index (χ1n) is 12.5. The summed E-state index contributed by atoms with van der Waals surface area (Å²) in [6.07, 6.45) is -1.01. The molecule has 0 unspecified atom stereocenters. The highest BCUT2D eigenvalue weighted by Crippen LogP contribution is 2.48. The number of fused-ring (bicyclic) bond motifs is 1. The molecule has 4 aromatic rings. The van der Waals surface area contributed by atoms with Crippen molar-refractivity contribution in [2.75, 3.05) is 17.1 Å². The zero-order valence-electron chi connectivity index (χ0n) is 21.0. The van der Waals surface area contributed by atoms with Gasteiger partial charge in [0, 0.05) is 0 Å². The molecule has 0 radical (unpaired) electrons. The van der Waals surface area contributed by atoms with Crippen molar-refractivity contribution in [3.8, 4) is 11.5 Å². The molecule has 0 spiro atoms. The molecule has 8 heteroatoms. The summed E-state index contributed by atoms with van der Waals surface area (Å²) >= 11 is 0. The number of hydrogen-bond donors (Lipinski definition) is 0. The van der Waals surface area contributed by atoms with Gasteiger partial charge in [-0.1, -0.05) is 60.7 Å². The Kier molecular flexibility index (Phi) is 6.30. The van der Waals surface area contributed by atoms with Crippen molar-refractivity contribution in [3.05, 3.63) is 120 Å². The van der Waals surface area contributed by atoms with Gasteiger partial charge in [-0.15, -0.1) is 0 Å². The number of hydroxylamine groups is 1. The van der Waals surface area contributed by atoms with Crippen molar-refractivity contribution in [1.82, 2.24) is 0 Å². The number of ether oxygens (including phenoxy) is 2. The summed E-state index contributed by atoms with van der Waals surface area (Å²) in [6, 6.07) is 31.2. The van der Waals surface area contributed by atoms with Crippen LogP contribution in [0.4, 0.5) is 11.4 Å². The third-order valence-electron chi connectivity index (χ3n) is 6.89. The fourth-order valence-electron chi connectivity index (χ4n) is 5.08. The molecule has 2 aliphatic rings. The van der Waals surface area contributed by atoms with Gasteiger partial charge in [0.05, 0.1) is 30.1 Å². The maximum absolute atomic E-state index is 13.9. The minimum Gasteiger partial charge on any atom is -0.495 e. The van der Waals surface area contributed by atoms with E-state index in [1.807, 2.05) is 36.4 Å². The predicted octanol–water partition coefficient (Wildman–Crippen LogP) is 4.97. The summed E-state index contributed by atoms with van der Waals surface area (Å²) in [5, 5.41) is 1.62. The highest BCUT2D eigenvalue weighted by Gasteiger charge is 2.60. The first-order valence-corrected chi connectivity index (χ1v) is 12.5. The van der Waals surface area contributed by atoms with Crippen LogP contribution in [0.5, 0.6) is 11.5 Å². The Morgan fingerprint density at radius 3 is 2.10 bits per heavy atom. The Bertz CT molecular complexity index is 1520. The first kappa shape index (κ1) is 24.4. The van der Waals surface area contributed by atoms with Gasteiger partial charge in [0.1, 0.15) is 17.4 Å². The van der Waals surface area contributed by atoms with Gasteiger partial charge in [0.15, 0.2) is 6.10 Å². The van der Waals surface area contributed by atoms with E-state index in [4.69, 9.17) is 14.3 Å². The second-order valence-electron chi connectivity index (χ2n) is 9.17. The number of esters is 1. The van der Waals surface area contributed by atoms with E-state index in [-0.39, 0.29) is 5.91 Å². The van der Waals surface area contributed by atoms with E-state index in [9.17, 15) is 14.4 Å². The second-order valence-corrected chi connectivity index (χ2v) is 9.17. The van der Waals surface area contributed by atoms with E-state index in [0.29, 0.717) is 28.4 Å². The summed E-state index contributed by atoms with van der Waals surface area (Å²) in [6.45, 7) is 0. The number of imide groups is 1. The molecule has 0 aliphatic carbocycles. The molecule has 2 aliphatic heterocycles. The van der Waals surface area contributed by atoms with E-state index >= 15 is 0 Å². The van der Waals surface area contributed by atoms with Crippen molar-refractivity contribution in [1.29, 1.82) is 0 Å². The van der Waals surface area contributed by atoms with E-state index in [0.717, 1.165) is 10.5 Å². The lowest BCUT2D eigenvalue weighted by atomic mass is 9.90. The molecule has 6 rings (SSSR count). The highest BCUT2D eigenvalue weighted by atomic mass is 16.7. The van der Waals surface area contributed by atoms with Crippen LogP contribution < -0.4 is 19.4 Å². The minimum absolute atomic E-state index is 0.360. The fraction of sp³-hybridized carbons (Fsp3) is 0.129. The number of carbonyl (C=O) groups excluding carboxylic acids is 3. The van der Waals surface area contributed by atoms with Crippen LogP contribution in [0.25, 0.3) is 0 Å².